The third-order valence-corrected chi connectivity index (χ3v) is 7.86. The molecule has 3 aliphatic rings. The average molecular weight is 385 g/mol. The second-order valence-corrected chi connectivity index (χ2v) is 9.35. The highest BCUT2D eigenvalue weighted by Crippen LogP contribution is 2.43. The Kier molecular flexibility index (Phi) is 6.95. The number of para-hydroxylation sites is 1. The van der Waals surface area contributed by atoms with Crippen molar-refractivity contribution in [3.63, 3.8) is 0 Å². The highest BCUT2D eigenvalue weighted by molar-refractivity contribution is 5.51. The Balaban J connectivity index is 1.44. The summed E-state index contributed by atoms with van der Waals surface area (Å²) in [5.41, 5.74) is 1.58. The Morgan fingerprint density at radius 3 is 2.00 bits per heavy atom. The molecular weight excluding hydrogens is 344 g/mol. The summed E-state index contributed by atoms with van der Waals surface area (Å²) >= 11 is 0. The van der Waals surface area contributed by atoms with Gasteiger partial charge in [0.15, 0.2) is 0 Å². The predicted molar refractivity (Wildman–Crippen MR) is 118 cm³/mol. The van der Waals surface area contributed by atoms with Crippen LogP contribution in [0.15, 0.2) is 30.3 Å². The number of hydrogen-bond acceptors (Lipinski definition) is 3. The van der Waals surface area contributed by atoms with Gasteiger partial charge in [-0.25, -0.2) is 0 Å². The topological polar surface area (TPSA) is 15.7 Å². The lowest BCUT2D eigenvalue weighted by Crippen LogP contribution is -2.59. The molecule has 1 unspecified atom stereocenters. The van der Waals surface area contributed by atoms with Crippen LogP contribution in [0, 0.1) is 0 Å². The van der Waals surface area contributed by atoms with E-state index >= 15 is 0 Å². The summed E-state index contributed by atoms with van der Waals surface area (Å²) < 4.78 is 6.04. The standard InChI is InChI=1S/C25H40N2O/c1-28-24-16-19-27(23-14-10-7-11-15-23)25(24)17-20-26(21-18-25)22-12-8-5-3-2-4-6-9-13-22/h7,10-11,14-15,22,24H,2-6,8-9,12-13,16-21H2,1H3. The van der Waals surface area contributed by atoms with Crippen molar-refractivity contribution in [2.75, 3.05) is 31.6 Å². The van der Waals surface area contributed by atoms with Crippen LogP contribution >= 0.6 is 0 Å². The number of nitrogens with zero attached hydrogens (tertiary/aromatic N) is 2. The number of benzene rings is 1. The van der Waals surface area contributed by atoms with Gasteiger partial charge >= 0.3 is 0 Å². The molecule has 0 radical (unpaired) electrons. The van der Waals surface area contributed by atoms with E-state index in [1.807, 2.05) is 7.11 Å². The summed E-state index contributed by atoms with van der Waals surface area (Å²) in [5, 5.41) is 0. The average Bonchev–Trinajstić information content (AvgIpc) is 3.10. The number of rotatable bonds is 3. The number of hydrogen-bond donors (Lipinski definition) is 0. The zero-order valence-electron chi connectivity index (χ0n) is 18.0. The second-order valence-electron chi connectivity index (χ2n) is 9.35. The van der Waals surface area contributed by atoms with E-state index in [1.54, 1.807) is 0 Å². The molecule has 1 saturated carbocycles. The maximum Gasteiger partial charge on any atom is 0.0820 e. The molecule has 3 heteroatoms. The van der Waals surface area contributed by atoms with E-state index in [0.29, 0.717) is 6.10 Å². The summed E-state index contributed by atoms with van der Waals surface area (Å²) in [6, 6.07) is 11.9. The molecule has 0 N–H and O–H groups in total. The number of likely N-dealkylation sites (tertiary alicyclic amines) is 1. The highest BCUT2D eigenvalue weighted by atomic mass is 16.5. The Bertz CT molecular complexity index is 571. The smallest absolute Gasteiger partial charge is 0.0820 e. The van der Waals surface area contributed by atoms with Crippen molar-refractivity contribution in [2.45, 2.75) is 94.7 Å². The van der Waals surface area contributed by atoms with Crippen molar-refractivity contribution >= 4 is 5.69 Å². The number of piperidine rings is 1. The molecule has 28 heavy (non-hydrogen) atoms. The zero-order valence-corrected chi connectivity index (χ0v) is 18.0. The molecule has 4 rings (SSSR count). The van der Waals surface area contributed by atoms with Gasteiger partial charge < -0.3 is 14.5 Å². The van der Waals surface area contributed by atoms with E-state index in [4.69, 9.17) is 4.74 Å². The van der Waals surface area contributed by atoms with E-state index in [2.05, 4.69) is 40.1 Å². The minimum absolute atomic E-state index is 0.197. The summed E-state index contributed by atoms with van der Waals surface area (Å²) in [7, 11) is 1.93. The first-order chi connectivity index (χ1) is 13.8. The monoisotopic (exact) mass is 384 g/mol. The molecular formula is C25H40N2O. The van der Waals surface area contributed by atoms with Gasteiger partial charge in [-0.1, -0.05) is 63.1 Å². The molecule has 3 nitrogen and oxygen atoms in total. The van der Waals surface area contributed by atoms with Gasteiger partial charge in [0.2, 0.25) is 0 Å². The van der Waals surface area contributed by atoms with Gasteiger partial charge in [-0.05, 0) is 44.2 Å². The van der Waals surface area contributed by atoms with Crippen LogP contribution in [0.25, 0.3) is 0 Å². The van der Waals surface area contributed by atoms with Crippen molar-refractivity contribution in [2.24, 2.45) is 0 Å². The number of anilines is 1. The Morgan fingerprint density at radius 1 is 0.786 bits per heavy atom. The third kappa shape index (κ3) is 4.26. The van der Waals surface area contributed by atoms with E-state index < -0.39 is 0 Å². The molecule has 1 aromatic carbocycles. The predicted octanol–water partition coefficient (Wildman–Crippen LogP) is 5.64. The fourth-order valence-electron chi connectivity index (χ4n) is 6.26. The van der Waals surface area contributed by atoms with Crippen molar-refractivity contribution in [3.8, 4) is 0 Å². The fraction of sp³-hybridized carbons (Fsp3) is 0.760. The van der Waals surface area contributed by atoms with Crippen LogP contribution in [0.2, 0.25) is 0 Å². The van der Waals surface area contributed by atoms with E-state index in [0.717, 1.165) is 19.0 Å². The second kappa shape index (κ2) is 9.63. The largest absolute Gasteiger partial charge is 0.379 e. The van der Waals surface area contributed by atoms with Crippen LogP contribution in [0.1, 0.15) is 77.0 Å². The normalized spacial score (nSPS) is 27.9. The summed E-state index contributed by atoms with van der Waals surface area (Å²) in [6.45, 7) is 3.62. The first-order valence-corrected chi connectivity index (χ1v) is 11.9. The van der Waals surface area contributed by atoms with E-state index in [9.17, 15) is 0 Å². The molecule has 2 aliphatic heterocycles. The van der Waals surface area contributed by atoms with Crippen LogP contribution in [-0.2, 0) is 4.74 Å². The molecule has 3 fully saturated rings. The molecule has 2 saturated heterocycles. The Morgan fingerprint density at radius 2 is 1.39 bits per heavy atom. The Hall–Kier alpha value is -1.06. The van der Waals surface area contributed by atoms with Crippen LogP contribution < -0.4 is 4.90 Å². The van der Waals surface area contributed by atoms with Gasteiger partial charge in [0, 0.05) is 38.5 Å². The third-order valence-electron chi connectivity index (χ3n) is 7.86. The van der Waals surface area contributed by atoms with Gasteiger partial charge in [0.1, 0.15) is 0 Å². The van der Waals surface area contributed by atoms with Crippen LogP contribution in [-0.4, -0.2) is 49.3 Å². The minimum Gasteiger partial charge on any atom is -0.379 e. The van der Waals surface area contributed by atoms with Crippen LogP contribution in [0.5, 0.6) is 0 Å². The van der Waals surface area contributed by atoms with Gasteiger partial charge in [-0.3, -0.25) is 0 Å². The lowest BCUT2D eigenvalue weighted by Gasteiger charge is -2.50. The maximum atomic E-state index is 6.04. The quantitative estimate of drug-likeness (QED) is 0.671. The zero-order chi connectivity index (χ0) is 19.2. The molecule has 1 aliphatic carbocycles. The Labute approximate surface area is 172 Å². The summed E-state index contributed by atoms with van der Waals surface area (Å²) in [5.74, 6) is 0. The number of methoxy groups -OCH3 is 1. The van der Waals surface area contributed by atoms with Crippen molar-refractivity contribution in [3.05, 3.63) is 30.3 Å². The summed E-state index contributed by atoms with van der Waals surface area (Å²) in [6.07, 6.45) is 17.0. The molecule has 0 amide bonds. The lowest BCUT2D eigenvalue weighted by atomic mass is 9.81. The summed E-state index contributed by atoms with van der Waals surface area (Å²) in [4.78, 5) is 5.53. The lowest BCUT2D eigenvalue weighted by molar-refractivity contribution is 0.00977. The minimum atomic E-state index is 0.197. The molecule has 0 bridgehead atoms. The van der Waals surface area contributed by atoms with Crippen molar-refractivity contribution in [1.29, 1.82) is 0 Å². The van der Waals surface area contributed by atoms with Gasteiger partial charge in [0.05, 0.1) is 11.6 Å². The first kappa shape index (κ1) is 20.2. The van der Waals surface area contributed by atoms with Gasteiger partial charge in [0.25, 0.3) is 0 Å². The molecule has 1 atom stereocenters. The van der Waals surface area contributed by atoms with E-state index in [1.165, 1.54) is 89.4 Å². The number of ether oxygens (including phenoxy) is 1. The van der Waals surface area contributed by atoms with Crippen molar-refractivity contribution < 1.29 is 4.74 Å². The molecule has 0 aromatic heterocycles. The molecule has 2 heterocycles. The SMILES string of the molecule is COC1CCN(c2ccccc2)C12CCN(C1CCCCCCCCC1)CC2. The van der Waals surface area contributed by atoms with Crippen LogP contribution in [0.3, 0.4) is 0 Å². The molecule has 1 aromatic rings. The maximum absolute atomic E-state index is 6.04. The first-order valence-electron chi connectivity index (χ1n) is 11.9. The van der Waals surface area contributed by atoms with Gasteiger partial charge in [-0.2, -0.15) is 0 Å². The molecule has 156 valence electrons. The van der Waals surface area contributed by atoms with Crippen LogP contribution in [0.4, 0.5) is 5.69 Å². The fourth-order valence-corrected chi connectivity index (χ4v) is 6.26. The van der Waals surface area contributed by atoms with Crippen molar-refractivity contribution in [1.82, 2.24) is 4.90 Å². The van der Waals surface area contributed by atoms with Gasteiger partial charge in [-0.15, -0.1) is 0 Å². The molecule has 1 spiro atoms. The van der Waals surface area contributed by atoms with E-state index in [-0.39, 0.29) is 5.54 Å². The highest BCUT2D eigenvalue weighted by Gasteiger charge is 2.51.